The number of epoxide rings is 1. The lowest BCUT2D eigenvalue weighted by molar-refractivity contribution is -0.108. The molecule has 82 valence electrons. The van der Waals surface area contributed by atoms with Crippen LogP contribution in [0.25, 0.3) is 0 Å². The number of aldehydes is 1. The number of unbranched alkanes of at least 4 members (excludes halogenated alkanes) is 6. The fourth-order valence-electron chi connectivity index (χ4n) is 1.81. The molecular weight excluding hydrogens is 176 g/mol. The van der Waals surface area contributed by atoms with E-state index < -0.39 is 0 Å². The fraction of sp³-hybridized carbons (Fsp3) is 0.917. The van der Waals surface area contributed by atoms with Crippen molar-refractivity contribution < 1.29 is 9.53 Å². The Hall–Kier alpha value is -0.370. The fourth-order valence-corrected chi connectivity index (χ4v) is 1.81. The molecule has 1 saturated heterocycles. The Bertz CT molecular complexity index is 156. The summed E-state index contributed by atoms with van der Waals surface area (Å²) >= 11 is 0. The first-order valence-electron chi connectivity index (χ1n) is 5.99. The van der Waals surface area contributed by atoms with E-state index in [4.69, 9.17) is 4.74 Å². The Labute approximate surface area is 87.0 Å². The highest BCUT2D eigenvalue weighted by atomic mass is 16.6. The van der Waals surface area contributed by atoms with Crippen molar-refractivity contribution in [3.63, 3.8) is 0 Å². The molecular formula is C12H22O2. The van der Waals surface area contributed by atoms with Crippen LogP contribution in [0.1, 0.15) is 58.3 Å². The summed E-state index contributed by atoms with van der Waals surface area (Å²) in [4.78, 5) is 10.3. The van der Waals surface area contributed by atoms with Crippen molar-refractivity contribution in [2.75, 3.05) is 0 Å². The van der Waals surface area contributed by atoms with Crippen LogP contribution in [0, 0.1) is 0 Å². The number of hydrogen-bond acceptors (Lipinski definition) is 2. The Morgan fingerprint density at radius 3 is 2.29 bits per heavy atom. The first kappa shape index (κ1) is 11.7. The highest BCUT2D eigenvalue weighted by Crippen LogP contribution is 2.25. The molecule has 0 bridgehead atoms. The standard InChI is InChI=1S/C12H22O2/c1-2-3-4-5-6-7-8-9-11-12(10-13)14-11/h10-12H,2-9H2,1H3/t11?,12-/m0/s1. The SMILES string of the molecule is CCCCCCCCCC1O[C@H]1C=O. The van der Waals surface area contributed by atoms with Crippen molar-refractivity contribution in [3.8, 4) is 0 Å². The highest BCUT2D eigenvalue weighted by molar-refractivity contribution is 5.60. The van der Waals surface area contributed by atoms with Crippen molar-refractivity contribution in [3.05, 3.63) is 0 Å². The van der Waals surface area contributed by atoms with E-state index in [9.17, 15) is 4.79 Å². The predicted molar refractivity (Wildman–Crippen MR) is 57.3 cm³/mol. The highest BCUT2D eigenvalue weighted by Gasteiger charge is 2.37. The van der Waals surface area contributed by atoms with E-state index in [0.29, 0.717) is 0 Å². The lowest BCUT2D eigenvalue weighted by Gasteiger charge is -1.99. The Morgan fingerprint density at radius 1 is 1.07 bits per heavy atom. The van der Waals surface area contributed by atoms with Gasteiger partial charge in [0.1, 0.15) is 6.10 Å². The first-order valence-corrected chi connectivity index (χ1v) is 5.99. The van der Waals surface area contributed by atoms with Gasteiger partial charge in [-0.2, -0.15) is 0 Å². The van der Waals surface area contributed by atoms with Gasteiger partial charge >= 0.3 is 0 Å². The van der Waals surface area contributed by atoms with E-state index in [-0.39, 0.29) is 12.2 Å². The number of hydrogen-bond donors (Lipinski definition) is 0. The molecule has 0 N–H and O–H groups in total. The molecule has 1 aliphatic rings. The number of carbonyl (C=O) groups excluding carboxylic acids is 1. The van der Waals surface area contributed by atoms with Crippen molar-refractivity contribution >= 4 is 6.29 Å². The Balaban J connectivity index is 1.75. The second kappa shape index (κ2) is 6.99. The Kier molecular flexibility index (Phi) is 5.85. The molecule has 0 aromatic rings. The molecule has 1 unspecified atom stereocenters. The summed E-state index contributed by atoms with van der Waals surface area (Å²) in [7, 11) is 0. The lowest BCUT2D eigenvalue weighted by atomic mass is 10.1. The molecule has 2 atom stereocenters. The molecule has 1 heterocycles. The van der Waals surface area contributed by atoms with E-state index >= 15 is 0 Å². The van der Waals surface area contributed by atoms with Gasteiger partial charge in [-0.15, -0.1) is 0 Å². The molecule has 2 nitrogen and oxygen atoms in total. The van der Waals surface area contributed by atoms with Gasteiger partial charge < -0.3 is 9.53 Å². The van der Waals surface area contributed by atoms with Crippen molar-refractivity contribution in [1.82, 2.24) is 0 Å². The second-order valence-corrected chi connectivity index (χ2v) is 4.19. The zero-order valence-corrected chi connectivity index (χ0v) is 9.21. The van der Waals surface area contributed by atoms with Gasteiger partial charge in [0.15, 0.2) is 6.29 Å². The van der Waals surface area contributed by atoms with Crippen LogP contribution in [-0.2, 0) is 9.53 Å². The normalized spacial score (nSPS) is 24.9. The van der Waals surface area contributed by atoms with Crippen LogP contribution in [-0.4, -0.2) is 18.5 Å². The maximum atomic E-state index is 10.3. The summed E-state index contributed by atoms with van der Waals surface area (Å²) < 4.78 is 5.14. The third-order valence-corrected chi connectivity index (χ3v) is 2.85. The zero-order valence-electron chi connectivity index (χ0n) is 9.21. The molecule has 0 amide bonds. The molecule has 14 heavy (non-hydrogen) atoms. The summed E-state index contributed by atoms with van der Waals surface area (Å²) in [5.74, 6) is 0. The monoisotopic (exact) mass is 198 g/mol. The summed E-state index contributed by atoms with van der Waals surface area (Å²) in [6.45, 7) is 2.24. The van der Waals surface area contributed by atoms with Crippen molar-refractivity contribution in [2.24, 2.45) is 0 Å². The number of carbonyl (C=O) groups is 1. The van der Waals surface area contributed by atoms with Crippen LogP contribution in [0.4, 0.5) is 0 Å². The quantitative estimate of drug-likeness (QED) is 0.324. The second-order valence-electron chi connectivity index (χ2n) is 4.19. The smallest absolute Gasteiger partial charge is 0.151 e. The van der Waals surface area contributed by atoms with Gasteiger partial charge in [-0.25, -0.2) is 0 Å². The molecule has 0 saturated carbocycles. The average Bonchev–Trinajstić information content (AvgIpc) is 2.95. The molecule has 0 radical (unpaired) electrons. The summed E-state index contributed by atoms with van der Waals surface area (Å²) in [5, 5.41) is 0. The van der Waals surface area contributed by atoms with E-state index in [1.54, 1.807) is 0 Å². The minimum atomic E-state index is -0.0601. The van der Waals surface area contributed by atoms with E-state index in [2.05, 4.69) is 6.92 Å². The third-order valence-electron chi connectivity index (χ3n) is 2.85. The predicted octanol–water partition coefficient (Wildman–Crippen LogP) is 3.09. The van der Waals surface area contributed by atoms with E-state index in [1.165, 1.54) is 44.9 Å². The number of ether oxygens (including phenoxy) is 1. The van der Waals surface area contributed by atoms with Gasteiger partial charge in [-0.05, 0) is 6.42 Å². The minimum absolute atomic E-state index is 0.0601. The molecule has 0 spiro atoms. The van der Waals surface area contributed by atoms with Gasteiger partial charge in [0.25, 0.3) is 0 Å². The van der Waals surface area contributed by atoms with Crippen LogP contribution in [0.15, 0.2) is 0 Å². The van der Waals surface area contributed by atoms with Gasteiger partial charge in [0.05, 0.1) is 6.10 Å². The zero-order chi connectivity index (χ0) is 10.2. The minimum Gasteiger partial charge on any atom is -0.362 e. The van der Waals surface area contributed by atoms with E-state index in [0.717, 1.165) is 12.7 Å². The van der Waals surface area contributed by atoms with Gasteiger partial charge in [0, 0.05) is 0 Å². The lowest BCUT2D eigenvalue weighted by Crippen LogP contribution is -1.94. The molecule has 0 aromatic heterocycles. The maximum absolute atomic E-state index is 10.3. The summed E-state index contributed by atoms with van der Waals surface area (Å²) in [6.07, 6.45) is 11.5. The van der Waals surface area contributed by atoms with Gasteiger partial charge in [0.2, 0.25) is 0 Å². The molecule has 0 aromatic carbocycles. The third kappa shape index (κ3) is 4.75. The van der Waals surface area contributed by atoms with E-state index in [1.807, 2.05) is 0 Å². The number of rotatable bonds is 9. The maximum Gasteiger partial charge on any atom is 0.151 e. The van der Waals surface area contributed by atoms with Gasteiger partial charge in [-0.3, -0.25) is 0 Å². The van der Waals surface area contributed by atoms with Crippen LogP contribution >= 0.6 is 0 Å². The molecule has 2 heteroatoms. The molecule has 1 rings (SSSR count). The van der Waals surface area contributed by atoms with Crippen LogP contribution in [0.5, 0.6) is 0 Å². The van der Waals surface area contributed by atoms with Crippen LogP contribution in [0.3, 0.4) is 0 Å². The van der Waals surface area contributed by atoms with Gasteiger partial charge in [-0.1, -0.05) is 51.9 Å². The molecule has 1 fully saturated rings. The van der Waals surface area contributed by atoms with Crippen molar-refractivity contribution in [1.29, 1.82) is 0 Å². The first-order chi connectivity index (χ1) is 6.88. The largest absolute Gasteiger partial charge is 0.362 e. The molecule has 1 aliphatic heterocycles. The molecule has 0 aliphatic carbocycles. The van der Waals surface area contributed by atoms with Crippen molar-refractivity contribution in [2.45, 2.75) is 70.5 Å². The Morgan fingerprint density at radius 2 is 1.71 bits per heavy atom. The summed E-state index contributed by atoms with van der Waals surface area (Å²) in [5.41, 5.74) is 0. The van der Waals surface area contributed by atoms with Crippen LogP contribution < -0.4 is 0 Å². The van der Waals surface area contributed by atoms with Crippen LogP contribution in [0.2, 0.25) is 0 Å². The topological polar surface area (TPSA) is 29.6 Å². The summed E-state index contributed by atoms with van der Waals surface area (Å²) in [6, 6.07) is 0. The average molecular weight is 198 g/mol.